The second-order valence-corrected chi connectivity index (χ2v) is 5.42. The van der Waals surface area contributed by atoms with E-state index in [0.29, 0.717) is 0 Å². The molecule has 0 unspecified atom stereocenters. The Balaban J connectivity index is 2.08. The van der Waals surface area contributed by atoms with Crippen molar-refractivity contribution in [3.63, 3.8) is 0 Å². The van der Waals surface area contributed by atoms with Crippen molar-refractivity contribution in [3.8, 4) is 0 Å². The lowest BCUT2D eigenvalue weighted by Crippen LogP contribution is -2.40. The van der Waals surface area contributed by atoms with E-state index in [4.69, 9.17) is 0 Å². The fourth-order valence-electron chi connectivity index (χ4n) is 2.69. The lowest BCUT2D eigenvalue weighted by Gasteiger charge is -2.36. The Labute approximate surface area is 113 Å². The molecule has 0 spiro atoms. The lowest BCUT2D eigenvalue weighted by atomic mass is 9.75. The van der Waals surface area contributed by atoms with E-state index in [2.05, 4.69) is 0 Å². The molecule has 112 valence electrons. The van der Waals surface area contributed by atoms with Gasteiger partial charge >= 0.3 is 6.18 Å². The van der Waals surface area contributed by atoms with Gasteiger partial charge in [0.2, 0.25) is 0 Å². The van der Waals surface area contributed by atoms with E-state index in [1.165, 1.54) is 6.07 Å². The molecule has 0 aliphatic heterocycles. The zero-order valence-electron chi connectivity index (χ0n) is 10.7. The number of aliphatic hydroxyl groups is 1. The molecule has 1 saturated carbocycles. The summed E-state index contributed by atoms with van der Waals surface area (Å²) in [6.45, 7) is 0. The lowest BCUT2D eigenvalue weighted by molar-refractivity contribution is -0.192. The summed E-state index contributed by atoms with van der Waals surface area (Å²) < 4.78 is 64.7. The topological polar surface area (TPSA) is 20.2 Å². The van der Waals surface area contributed by atoms with Crippen LogP contribution in [0.3, 0.4) is 0 Å². The van der Waals surface area contributed by atoms with E-state index in [9.17, 15) is 27.1 Å². The number of halogens is 5. The van der Waals surface area contributed by atoms with Crippen LogP contribution in [0.1, 0.15) is 31.2 Å². The molecule has 1 fully saturated rings. The van der Waals surface area contributed by atoms with Crippen LogP contribution in [0.25, 0.3) is 0 Å². The monoisotopic (exact) mass is 294 g/mol. The van der Waals surface area contributed by atoms with Gasteiger partial charge in [0, 0.05) is 12.0 Å². The molecule has 1 aromatic carbocycles. The molecule has 0 aromatic heterocycles. The smallest absolute Gasteiger partial charge is 0.390 e. The average molecular weight is 294 g/mol. The highest BCUT2D eigenvalue weighted by Gasteiger charge is 2.45. The van der Waals surface area contributed by atoms with Gasteiger partial charge in [0.1, 0.15) is 11.6 Å². The van der Waals surface area contributed by atoms with Crippen molar-refractivity contribution in [2.75, 3.05) is 0 Å². The zero-order chi connectivity index (χ0) is 15.0. The van der Waals surface area contributed by atoms with Crippen LogP contribution in [0.5, 0.6) is 0 Å². The maximum atomic E-state index is 13.5. The summed E-state index contributed by atoms with van der Waals surface area (Å²) in [6.07, 6.45) is -5.21. The first-order valence-electron chi connectivity index (χ1n) is 6.43. The van der Waals surface area contributed by atoms with Crippen LogP contribution in [-0.4, -0.2) is 16.9 Å². The van der Waals surface area contributed by atoms with Crippen LogP contribution >= 0.6 is 0 Å². The molecule has 0 saturated heterocycles. The van der Waals surface area contributed by atoms with Crippen molar-refractivity contribution in [1.82, 2.24) is 0 Å². The Bertz CT molecular complexity index is 455. The minimum atomic E-state index is -4.27. The molecule has 1 N–H and O–H groups in total. The summed E-state index contributed by atoms with van der Waals surface area (Å²) in [5.74, 6) is -3.00. The van der Waals surface area contributed by atoms with Crippen LogP contribution in [0.15, 0.2) is 18.2 Å². The second-order valence-electron chi connectivity index (χ2n) is 5.42. The number of hydrogen-bond donors (Lipinski definition) is 1. The first-order valence-corrected chi connectivity index (χ1v) is 6.43. The number of alkyl halides is 3. The summed E-state index contributed by atoms with van der Waals surface area (Å²) >= 11 is 0. The SMILES string of the molecule is OC1(Cc2c(F)cccc2F)CCC(C(F)(F)F)CC1. The fourth-order valence-corrected chi connectivity index (χ4v) is 2.69. The Morgan fingerprint density at radius 2 is 1.60 bits per heavy atom. The molecule has 0 bridgehead atoms. The molecule has 0 amide bonds. The van der Waals surface area contributed by atoms with Crippen molar-refractivity contribution in [2.45, 2.75) is 43.9 Å². The maximum Gasteiger partial charge on any atom is 0.391 e. The van der Waals surface area contributed by atoms with E-state index >= 15 is 0 Å². The predicted octanol–water partition coefficient (Wildman–Crippen LogP) is 3.99. The summed E-state index contributed by atoms with van der Waals surface area (Å²) in [4.78, 5) is 0. The Kier molecular flexibility index (Phi) is 4.04. The largest absolute Gasteiger partial charge is 0.391 e. The third-order valence-corrected chi connectivity index (χ3v) is 3.95. The van der Waals surface area contributed by atoms with Crippen LogP contribution in [0.2, 0.25) is 0 Å². The van der Waals surface area contributed by atoms with Crippen LogP contribution in [0, 0.1) is 17.6 Å². The number of rotatable bonds is 2. The van der Waals surface area contributed by atoms with Gasteiger partial charge in [-0.05, 0) is 37.8 Å². The number of hydrogen-bond acceptors (Lipinski definition) is 1. The highest BCUT2D eigenvalue weighted by atomic mass is 19.4. The Hall–Kier alpha value is -1.17. The van der Waals surface area contributed by atoms with E-state index in [1.807, 2.05) is 0 Å². The third kappa shape index (κ3) is 3.29. The second kappa shape index (κ2) is 5.31. The number of benzene rings is 1. The minimum absolute atomic E-state index is 0.106. The fraction of sp³-hybridized carbons (Fsp3) is 0.571. The van der Waals surface area contributed by atoms with Crippen molar-refractivity contribution in [3.05, 3.63) is 35.4 Å². The summed E-state index contributed by atoms with van der Waals surface area (Å²) in [5.41, 5.74) is -1.73. The predicted molar refractivity (Wildman–Crippen MR) is 63.0 cm³/mol. The normalized spacial score (nSPS) is 27.6. The first-order chi connectivity index (χ1) is 9.21. The van der Waals surface area contributed by atoms with Gasteiger partial charge in [-0.3, -0.25) is 0 Å². The van der Waals surface area contributed by atoms with E-state index in [-0.39, 0.29) is 37.7 Å². The van der Waals surface area contributed by atoms with E-state index in [1.54, 1.807) is 0 Å². The Morgan fingerprint density at radius 3 is 2.05 bits per heavy atom. The maximum absolute atomic E-state index is 13.5. The summed E-state index contributed by atoms with van der Waals surface area (Å²) in [7, 11) is 0. The van der Waals surface area contributed by atoms with Crippen molar-refractivity contribution < 1.29 is 27.1 Å². The van der Waals surface area contributed by atoms with Crippen LogP contribution in [-0.2, 0) is 6.42 Å². The van der Waals surface area contributed by atoms with Gasteiger partial charge in [-0.1, -0.05) is 6.07 Å². The molecule has 1 aliphatic rings. The molecular formula is C14H15F5O. The molecule has 0 radical (unpaired) electrons. The van der Waals surface area contributed by atoms with Crippen molar-refractivity contribution >= 4 is 0 Å². The van der Waals surface area contributed by atoms with Crippen LogP contribution < -0.4 is 0 Å². The van der Waals surface area contributed by atoms with Gasteiger partial charge in [-0.15, -0.1) is 0 Å². The van der Waals surface area contributed by atoms with E-state index < -0.39 is 29.3 Å². The van der Waals surface area contributed by atoms with Crippen LogP contribution in [0.4, 0.5) is 22.0 Å². The van der Waals surface area contributed by atoms with Gasteiger partial charge in [0.25, 0.3) is 0 Å². The molecule has 2 rings (SSSR count). The quantitative estimate of drug-likeness (QED) is 0.818. The highest BCUT2D eigenvalue weighted by Crippen LogP contribution is 2.42. The molecule has 0 atom stereocenters. The van der Waals surface area contributed by atoms with Gasteiger partial charge in [-0.2, -0.15) is 13.2 Å². The molecule has 6 heteroatoms. The third-order valence-electron chi connectivity index (χ3n) is 3.95. The van der Waals surface area contributed by atoms with Crippen molar-refractivity contribution in [1.29, 1.82) is 0 Å². The molecule has 1 aliphatic carbocycles. The first kappa shape index (κ1) is 15.2. The standard InChI is InChI=1S/C14H15F5O/c15-11-2-1-3-12(16)10(11)8-13(20)6-4-9(5-7-13)14(17,18)19/h1-3,9,20H,4-8H2. The van der Waals surface area contributed by atoms with Gasteiger partial charge in [0.15, 0.2) is 0 Å². The van der Waals surface area contributed by atoms with Gasteiger partial charge in [0.05, 0.1) is 11.5 Å². The Morgan fingerprint density at radius 1 is 1.10 bits per heavy atom. The minimum Gasteiger partial charge on any atom is -0.390 e. The summed E-state index contributed by atoms with van der Waals surface area (Å²) in [5, 5.41) is 10.3. The molecule has 0 heterocycles. The van der Waals surface area contributed by atoms with Crippen molar-refractivity contribution in [2.24, 2.45) is 5.92 Å². The van der Waals surface area contributed by atoms with Gasteiger partial charge in [-0.25, -0.2) is 8.78 Å². The molecule has 1 nitrogen and oxygen atoms in total. The zero-order valence-corrected chi connectivity index (χ0v) is 10.7. The molecule has 1 aromatic rings. The molecular weight excluding hydrogens is 279 g/mol. The summed E-state index contributed by atoms with van der Waals surface area (Å²) in [6, 6.07) is 3.35. The average Bonchev–Trinajstić information content (AvgIpc) is 2.33. The van der Waals surface area contributed by atoms with Gasteiger partial charge < -0.3 is 5.11 Å². The molecule has 20 heavy (non-hydrogen) atoms. The van der Waals surface area contributed by atoms with E-state index in [0.717, 1.165) is 12.1 Å². The highest BCUT2D eigenvalue weighted by molar-refractivity contribution is 5.22.